The van der Waals surface area contributed by atoms with Crippen molar-refractivity contribution in [2.75, 3.05) is 6.54 Å². The Morgan fingerprint density at radius 1 is 0.968 bits per heavy atom. The molecule has 0 aliphatic heterocycles. The Bertz CT molecular complexity index is 1100. The summed E-state index contributed by atoms with van der Waals surface area (Å²) in [6.07, 6.45) is 3.08. The van der Waals surface area contributed by atoms with Crippen LogP contribution in [-0.4, -0.2) is 24.1 Å². The molecule has 31 heavy (non-hydrogen) atoms. The fourth-order valence-electron chi connectivity index (χ4n) is 3.81. The number of carbonyl (C=O) groups is 2. The van der Waals surface area contributed by atoms with E-state index in [0.717, 1.165) is 48.3 Å². The smallest absolute Gasteiger partial charge is 0.287 e. The maximum Gasteiger partial charge on any atom is 0.287 e. The molecule has 0 saturated carbocycles. The number of hydrogen-bond acceptors (Lipinski definition) is 4. The van der Waals surface area contributed by atoms with Gasteiger partial charge in [-0.2, -0.15) is 5.10 Å². The van der Waals surface area contributed by atoms with E-state index >= 15 is 0 Å². The Hall–Kier alpha value is -3.67. The average Bonchev–Trinajstić information content (AvgIpc) is 3.16. The van der Waals surface area contributed by atoms with E-state index in [1.165, 1.54) is 5.56 Å². The van der Waals surface area contributed by atoms with Crippen LogP contribution in [0, 0.1) is 6.92 Å². The number of nitrogens with zero attached hydrogens (tertiary/aromatic N) is 1. The van der Waals surface area contributed by atoms with Crippen LogP contribution in [0.2, 0.25) is 0 Å². The Labute approximate surface area is 181 Å². The van der Waals surface area contributed by atoms with Crippen LogP contribution in [0.4, 0.5) is 0 Å². The van der Waals surface area contributed by atoms with E-state index in [1.807, 2.05) is 55.5 Å². The van der Waals surface area contributed by atoms with E-state index in [4.69, 9.17) is 4.42 Å². The predicted molar refractivity (Wildman–Crippen MR) is 119 cm³/mol. The van der Waals surface area contributed by atoms with Gasteiger partial charge in [-0.15, -0.1) is 0 Å². The van der Waals surface area contributed by atoms with Crippen molar-refractivity contribution in [1.29, 1.82) is 0 Å². The third-order valence-electron chi connectivity index (χ3n) is 5.40. The van der Waals surface area contributed by atoms with Crippen molar-refractivity contribution in [2.45, 2.75) is 32.6 Å². The fraction of sp³-hybridized carbons (Fsp3) is 0.240. The van der Waals surface area contributed by atoms with Crippen molar-refractivity contribution >= 4 is 17.5 Å². The summed E-state index contributed by atoms with van der Waals surface area (Å²) in [5, 5.41) is 7.30. The number of furan rings is 1. The SMILES string of the molecule is Cc1c(C(=O)NCCc2ccccc2)oc2c1/C(=N/NC(=O)c1ccccc1)CCC2. The third-order valence-corrected chi connectivity index (χ3v) is 5.40. The molecule has 6 nitrogen and oxygen atoms in total. The maximum absolute atomic E-state index is 12.7. The van der Waals surface area contributed by atoms with E-state index in [0.29, 0.717) is 17.9 Å². The lowest BCUT2D eigenvalue weighted by atomic mass is 9.93. The summed E-state index contributed by atoms with van der Waals surface area (Å²) < 4.78 is 5.92. The van der Waals surface area contributed by atoms with E-state index in [1.54, 1.807) is 12.1 Å². The molecule has 0 radical (unpaired) electrons. The van der Waals surface area contributed by atoms with Gasteiger partial charge in [-0.05, 0) is 43.9 Å². The van der Waals surface area contributed by atoms with Crippen LogP contribution in [-0.2, 0) is 12.8 Å². The largest absolute Gasteiger partial charge is 0.455 e. The Balaban J connectivity index is 1.46. The molecule has 2 aromatic carbocycles. The lowest BCUT2D eigenvalue weighted by molar-refractivity contribution is 0.0922. The molecule has 1 aromatic heterocycles. The molecule has 1 heterocycles. The van der Waals surface area contributed by atoms with Gasteiger partial charge in [0.05, 0.1) is 5.71 Å². The number of hydrazone groups is 1. The first kappa shape index (κ1) is 20.6. The molecular weight excluding hydrogens is 390 g/mol. The number of carbonyl (C=O) groups excluding carboxylic acids is 2. The van der Waals surface area contributed by atoms with Gasteiger partial charge in [0, 0.05) is 29.7 Å². The number of nitrogens with one attached hydrogen (secondary N) is 2. The van der Waals surface area contributed by atoms with Gasteiger partial charge < -0.3 is 9.73 Å². The predicted octanol–water partition coefficient (Wildman–Crippen LogP) is 4.03. The summed E-state index contributed by atoms with van der Waals surface area (Å²) >= 11 is 0. The third kappa shape index (κ3) is 4.74. The molecule has 0 fully saturated rings. The highest BCUT2D eigenvalue weighted by molar-refractivity contribution is 6.07. The molecule has 0 unspecified atom stereocenters. The number of benzene rings is 2. The molecule has 6 heteroatoms. The zero-order valence-corrected chi connectivity index (χ0v) is 17.5. The first-order valence-electron chi connectivity index (χ1n) is 10.5. The van der Waals surface area contributed by atoms with Crippen molar-refractivity contribution in [2.24, 2.45) is 5.10 Å². The summed E-state index contributed by atoms with van der Waals surface area (Å²) in [6, 6.07) is 19.0. The van der Waals surface area contributed by atoms with E-state index in [2.05, 4.69) is 15.8 Å². The lowest BCUT2D eigenvalue weighted by Crippen LogP contribution is -2.26. The van der Waals surface area contributed by atoms with Crippen LogP contribution >= 0.6 is 0 Å². The highest BCUT2D eigenvalue weighted by Crippen LogP contribution is 2.29. The molecule has 1 aliphatic rings. The topological polar surface area (TPSA) is 83.7 Å². The summed E-state index contributed by atoms with van der Waals surface area (Å²) in [5.41, 5.74) is 6.70. The average molecular weight is 415 g/mol. The fourth-order valence-corrected chi connectivity index (χ4v) is 3.81. The number of fused-ring (bicyclic) bond motifs is 1. The number of aryl methyl sites for hydroxylation is 1. The number of rotatable bonds is 6. The second-order valence-electron chi connectivity index (χ2n) is 7.56. The Morgan fingerprint density at radius 2 is 1.68 bits per heavy atom. The molecule has 0 spiro atoms. The first-order valence-corrected chi connectivity index (χ1v) is 10.5. The van der Waals surface area contributed by atoms with Crippen molar-refractivity contribution in [1.82, 2.24) is 10.7 Å². The van der Waals surface area contributed by atoms with Crippen molar-refractivity contribution in [3.63, 3.8) is 0 Å². The molecular formula is C25H25N3O3. The highest BCUT2D eigenvalue weighted by atomic mass is 16.4. The van der Waals surface area contributed by atoms with Gasteiger partial charge >= 0.3 is 0 Å². The van der Waals surface area contributed by atoms with E-state index in [9.17, 15) is 9.59 Å². The molecule has 2 amide bonds. The summed E-state index contributed by atoms with van der Waals surface area (Å²) in [7, 11) is 0. The van der Waals surface area contributed by atoms with Gasteiger partial charge in [-0.25, -0.2) is 5.43 Å². The van der Waals surface area contributed by atoms with Crippen LogP contribution in [0.5, 0.6) is 0 Å². The normalized spacial score (nSPS) is 14.2. The van der Waals surface area contributed by atoms with Gasteiger partial charge in [-0.3, -0.25) is 9.59 Å². The monoisotopic (exact) mass is 415 g/mol. The Kier molecular flexibility index (Phi) is 6.26. The van der Waals surface area contributed by atoms with Crippen molar-refractivity contribution in [3.05, 3.63) is 94.4 Å². The van der Waals surface area contributed by atoms with Gasteiger partial charge in [0.25, 0.3) is 11.8 Å². The zero-order chi connectivity index (χ0) is 21.6. The van der Waals surface area contributed by atoms with Gasteiger partial charge in [0.2, 0.25) is 0 Å². The van der Waals surface area contributed by atoms with Gasteiger partial charge in [-0.1, -0.05) is 48.5 Å². The molecule has 0 saturated heterocycles. The molecule has 158 valence electrons. The molecule has 0 bridgehead atoms. The minimum Gasteiger partial charge on any atom is -0.455 e. The minimum atomic E-state index is -0.264. The zero-order valence-electron chi connectivity index (χ0n) is 17.5. The van der Waals surface area contributed by atoms with E-state index < -0.39 is 0 Å². The van der Waals surface area contributed by atoms with E-state index in [-0.39, 0.29) is 11.8 Å². The lowest BCUT2D eigenvalue weighted by Gasteiger charge is -2.13. The molecule has 1 aliphatic carbocycles. The van der Waals surface area contributed by atoms with Crippen LogP contribution < -0.4 is 10.7 Å². The van der Waals surface area contributed by atoms with Crippen LogP contribution in [0.3, 0.4) is 0 Å². The summed E-state index contributed by atoms with van der Waals surface area (Å²) in [5.74, 6) is 0.586. The summed E-state index contributed by atoms with van der Waals surface area (Å²) in [4.78, 5) is 25.0. The second kappa shape index (κ2) is 9.43. The van der Waals surface area contributed by atoms with Crippen LogP contribution in [0.1, 0.15) is 56.2 Å². The molecule has 4 rings (SSSR count). The Morgan fingerprint density at radius 3 is 2.42 bits per heavy atom. The molecule has 3 aromatic rings. The standard InChI is InChI=1S/C25H25N3O3/c1-17-22-20(27-28-24(29)19-11-6-3-7-12-19)13-8-14-21(22)31-23(17)25(30)26-16-15-18-9-4-2-5-10-18/h2-7,9-12H,8,13-16H2,1H3,(H,26,30)(H,28,29)/b27-20+. The quantitative estimate of drug-likeness (QED) is 0.596. The van der Waals surface area contributed by atoms with Gasteiger partial charge in [0.1, 0.15) is 5.76 Å². The highest BCUT2D eigenvalue weighted by Gasteiger charge is 2.28. The van der Waals surface area contributed by atoms with Crippen LogP contribution in [0.25, 0.3) is 0 Å². The number of amides is 2. The molecule has 2 N–H and O–H groups in total. The second-order valence-corrected chi connectivity index (χ2v) is 7.56. The number of hydrogen-bond donors (Lipinski definition) is 2. The summed E-state index contributed by atoms with van der Waals surface area (Å²) in [6.45, 7) is 2.40. The van der Waals surface area contributed by atoms with Gasteiger partial charge in [0.15, 0.2) is 5.76 Å². The minimum absolute atomic E-state index is 0.226. The van der Waals surface area contributed by atoms with Crippen LogP contribution in [0.15, 0.2) is 70.2 Å². The van der Waals surface area contributed by atoms with Crippen molar-refractivity contribution in [3.8, 4) is 0 Å². The maximum atomic E-state index is 12.7. The van der Waals surface area contributed by atoms with Crippen molar-refractivity contribution < 1.29 is 14.0 Å². The first-order chi connectivity index (χ1) is 15.1. The molecule has 0 atom stereocenters.